The van der Waals surface area contributed by atoms with E-state index >= 15 is 0 Å². The predicted molar refractivity (Wildman–Crippen MR) is 118 cm³/mol. The fraction of sp³-hybridized carbons (Fsp3) is 0.190. The molecule has 0 aliphatic carbocycles. The summed E-state index contributed by atoms with van der Waals surface area (Å²) in [5, 5.41) is 7.62. The topological polar surface area (TPSA) is 68.5 Å². The van der Waals surface area contributed by atoms with Crippen molar-refractivity contribution >= 4 is 38.1 Å². The van der Waals surface area contributed by atoms with E-state index in [-0.39, 0.29) is 5.91 Å². The summed E-state index contributed by atoms with van der Waals surface area (Å²) >= 11 is 5.01. The lowest BCUT2D eigenvalue weighted by atomic mass is 10.2. The van der Waals surface area contributed by atoms with E-state index in [1.165, 1.54) is 0 Å². The van der Waals surface area contributed by atoms with Crippen LogP contribution in [-0.4, -0.2) is 34.2 Å². The number of halogens is 1. The first-order valence-electron chi connectivity index (χ1n) is 9.09. The van der Waals surface area contributed by atoms with E-state index in [9.17, 15) is 4.79 Å². The first kappa shape index (κ1) is 19.6. The summed E-state index contributed by atoms with van der Waals surface area (Å²) in [6.45, 7) is 2.58. The molecule has 0 spiro atoms. The number of thiazole rings is 1. The molecule has 0 radical (unpaired) electrons. The number of carbonyl (C=O) groups excluding carboxylic acids is 1. The summed E-state index contributed by atoms with van der Waals surface area (Å²) in [5.41, 5.74) is 2.63. The number of nitrogens with zero attached hydrogens (tertiary/aromatic N) is 3. The predicted octanol–water partition coefficient (Wildman–Crippen LogP) is 4.51. The number of rotatable bonds is 6. The summed E-state index contributed by atoms with van der Waals surface area (Å²) in [5.74, 6) is 1.41. The van der Waals surface area contributed by atoms with Crippen LogP contribution in [-0.2, 0) is 6.42 Å². The number of nitrogens with one attached hydrogen (secondary N) is 1. The molecule has 0 aliphatic heterocycles. The molecular weight excluding hydrogens is 452 g/mol. The van der Waals surface area contributed by atoms with Crippen molar-refractivity contribution in [1.82, 2.24) is 19.9 Å². The Morgan fingerprint density at radius 2 is 1.97 bits per heavy atom. The van der Waals surface area contributed by atoms with Gasteiger partial charge in [0, 0.05) is 27.9 Å². The standard InChI is InChI=1S/C21H19BrN4O2S/c1-13-18(11-12-23-20(27)16-5-3-4-6-17(16)22)29-21-24-19(25-26(13)21)14-7-9-15(28-2)10-8-14/h3-10H,11-12H2,1-2H3,(H,23,27). The lowest BCUT2D eigenvalue weighted by molar-refractivity contribution is 0.0953. The van der Waals surface area contributed by atoms with Gasteiger partial charge in [0.25, 0.3) is 5.91 Å². The van der Waals surface area contributed by atoms with Crippen LogP contribution < -0.4 is 10.1 Å². The summed E-state index contributed by atoms with van der Waals surface area (Å²) in [4.78, 5) is 19.0. The molecule has 4 rings (SSSR count). The van der Waals surface area contributed by atoms with Crippen molar-refractivity contribution in [3.63, 3.8) is 0 Å². The molecule has 8 heteroatoms. The maximum absolute atomic E-state index is 12.3. The number of fused-ring (bicyclic) bond motifs is 1. The SMILES string of the molecule is COc1ccc(-c2nc3sc(CCNC(=O)c4ccccc4Br)c(C)n3n2)cc1. The average Bonchev–Trinajstić information content (AvgIpc) is 3.28. The van der Waals surface area contributed by atoms with Gasteiger partial charge in [-0.25, -0.2) is 4.52 Å². The molecule has 0 saturated heterocycles. The number of benzene rings is 2. The van der Waals surface area contributed by atoms with Crippen LogP contribution in [0.4, 0.5) is 0 Å². The fourth-order valence-electron chi connectivity index (χ4n) is 3.01. The molecule has 0 fully saturated rings. The van der Waals surface area contributed by atoms with Crippen molar-refractivity contribution in [1.29, 1.82) is 0 Å². The minimum absolute atomic E-state index is 0.0867. The van der Waals surface area contributed by atoms with Crippen LogP contribution in [0.5, 0.6) is 5.75 Å². The molecule has 0 unspecified atom stereocenters. The highest BCUT2D eigenvalue weighted by Gasteiger charge is 2.15. The minimum atomic E-state index is -0.0867. The van der Waals surface area contributed by atoms with Crippen LogP contribution in [0.1, 0.15) is 20.9 Å². The van der Waals surface area contributed by atoms with E-state index in [2.05, 4.69) is 31.3 Å². The maximum atomic E-state index is 12.3. The Balaban J connectivity index is 1.45. The summed E-state index contributed by atoms with van der Waals surface area (Å²) in [6.07, 6.45) is 0.732. The van der Waals surface area contributed by atoms with E-state index in [1.807, 2.05) is 53.9 Å². The molecular formula is C21H19BrN4O2S. The van der Waals surface area contributed by atoms with Crippen LogP contribution in [0.2, 0.25) is 0 Å². The van der Waals surface area contributed by atoms with Crippen molar-refractivity contribution < 1.29 is 9.53 Å². The van der Waals surface area contributed by atoms with E-state index in [0.717, 1.165) is 37.7 Å². The van der Waals surface area contributed by atoms with Crippen molar-refractivity contribution in [2.24, 2.45) is 0 Å². The number of aryl methyl sites for hydroxylation is 1. The van der Waals surface area contributed by atoms with Gasteiger partial charge in [-0.15, -0.1) is 5.10 Å². The maximum Gasteiger partial charge on any atom is 0.252 e. The first-order valence-corrected chi connectivity index (χ1v) is 10.7. The highest BCUT2D eigenvalue weighted by Crippen LogP contribution is 2.26. The Bertz CT molecular complexity index is 1170. The fourth-order valence-corrected chi connectivity index (χ4v) is 4.53. The molecule has 6 nitrogen and oxygen atoms in total. The quantitative estimate of drug-likeness (QED) is 0.450. The summed E-state index contributed by atoms with van der Waals surface area (Å²) < 4.78 is 7.86. The van der Waals surface area contributed by atoms with Gasteiger partial charge in [0.05, 0.1) is 18.4 Å². The monoisotopic (exact) mass is 470 g/mol. The number of hydrogen-bond acceptors (Lipinski definition) is 5. The van der Waals surface area contributed by atoms with Crippen LogP contribution >= 0.6 is 27.3 Å². The minimum Gasteiger partial charge on any atom is -0.497 e. The second-order valence-electron chi connectivity index (χ2n) is 6.45. The van der Waals surface area contributed by atoms with Gasteiger partial charge in [-0.1, -0.05) is 23.5 Å². The van der Waals surface area contributed by atoms with Crippen molar-refractivity contribution in [3.05, 3.63) is 69.1 Å². The molecule has 0 atom stereocenters. The molecule has 1 N–H and O–H groups in total. The van der Waals surface area contributed by atoms with Crippen molar-refractivity contribution in [2.75, 3.05) is 13.7 Å². The van der Waals surface area contributed by atoms with Crippen LogP contribution in [0, 0.1) is 6.92 Å². The van der Waals surface area contributed by atoms with E-state index in [0.29, 0.717) is 17.9 Å². The Morgan fingerprint density at radius 3 is 2.66 bits per heavy atom. The zero-order valence-corrected chi connectivity index (χ0v) is 18.4. The van der Waals surface area contributed by atoms with Gasteiger partial charge in [0.1, 0.15) is 5.75 Å². The lowest BCUT2D eigenvalue weighted by Gasteiger charge is -2.06. The van der Waals surface area contributed by atoms with E-state index < -0.39 is 0 Å². The van der Waals surface area contributed by atoms with Gasteiger partial charge in [-0.3, -0.25) is 4.79 Å². The van der Waals surface area contributed by atoms with E-state index in [4.69, 9.17) is 4.74 Å². The van der Waals surface area contributed by atoms with E-state index in [1.54, 1.807) is 24.5 Å². The first-order chi connectivity index (χ1) is 14.1. The molecule has 0 bridgehead atoms. The second kappa shape index (κ2) is 8.34. The molecule has 148 valence electrons. The normalized spacial score (nSPS) is 11.0. The number of methoxy groups -OCH3 is 1. The van der Waals surface area contributed by atoms with Crippen molar-refractivity contribution in [3.8, 4) is 17.1 Å². The molecule has 0 aliphatic rings. The summed E-state index contributed by atoms with van der Waals surface area (Å²) in [6, 6.07) is 15.1. The summed E-state index contributed by atoms with van der Waals surface area (Å²) in [7, 11) is 1.64. The highest BCUT2D eigenvalue weighted by molar-refractivity contribution is 9.10. The zero-order chi connectivity index (χ0) is 20.4. The van der Waals surface area contributed by atoms with Crippen LogP contribution in [0.25, 0.3) is 16.3 Å². The molecule has 2 aromatic heterocycles. The lowest BCUT2D eigenvalue weighted by Crippen LogP contribution is -2.26. The Hall–Kier alpha value is -2.71. The molecule has 1 amide bonds. The number of aromatic nitrogens is 3. The van der Waals surface area contributed by atoms with Crippen molar-refractivity contribution in [2.45, 2.75) is 13.3 Å². The zero-order valence-electron chi connectivity index (χ0n) is 16.0. The molecule has 0 saturated carbocycles. The largest absolute Gasteiger partial charge is 0.497 e. The number of amides is 1. The second-order valence-corrected chi connectivity index (χ2v) is 8.37. The molecule has 2 aromatic carbocycles. The smallest absolute Gasteiger partial charge is 0.252 e. The Labute approximate surface area is 180 Å². The molecule has 29 heavy (non-hydrogen) atoms. The number of ether oxygens (including phenoxy) is 1. The van der Waals surface area contributed by atoms with Gasteiger partial charge >= 0.3 is 0 Å². The van der Waals surface area contributed by atoms with Gasteiger partial charge in [0.2, 0.25) is 4.96 Å². The average molecular weight is 471 g/mol. The number of hydrogen-bond donors (Lipinski definition) is 1. The van der Waals surface area contributed by atoms with Gasteiger partial charge in [-0.05, 0) is 59.3 Å². The van der Waals surface area contributed by atoms with Gasteiger partial charge in [0.15, 0.2) is 5.82 Å². The Morgan fingerprint density at radius 1 is 1.21 bits per heavy atom. The molecule has 4 aromatic rings. The van der Waals surface area contributed by atoms with Gasteiger partial charge < -0.3 is 10.1 Å². The highest BCUT2D eigenvalue weighted by atomic mass is 79.9. The Kier molecular flexibility index (Phi) is 5.64. The number of carbonyl (C=O) groups is 1. The molecule has 2 heterocycles. The third-order valence-corrected chi connectivity index (χ3v) is 6.50. The van der Waals surface area contributed by atoms with Crippen LogP contribution in [0.15, 0.2) is 53.0 Å². The van der Waals surface area contributed by atoms with Crippen LogP contribution in [0.3, 0.4) is 0 Å². The van der Waals surface area contributed by atoms with Gasteiger partial charge in [-0.2, -0.15) is 4.98 Å². The third-order valence-electron chi connectivity index (χ3n) is 4.62. The third kappa shape index (κ3) is 4.04.